The number of rotatable bonds is 27. The van der Waals surface area contributed by atoms with Gasteiger partial charge < -0.3 is 11.1 Å². The van der Waals surface area contributed by atoms with Gasteiger partial charge in [-0.1, -0.05) is 155 Å². The van der Waals surface area contributed by atoms with Crippen LogP contribution < -0.4 is 11.1 Å². The average Bonchev–Trinajstić information content (AvgIpc) is 2.78. The standard InChI is InChI=1S/C29H62N2/c1-3-4-5-6-7-8-9-10-11-12-13-14-15-16-17-18-19-20-21-22-23-24-25-26-29(31-2)27-28-30/h29,31H,3-28,30H2,1-2H3. The van der Waals surface area contributed by atoms with Gasteiger partial charge in [-0.3, -0.25) is 0 Å². The molecule has 0 aromatic carbocycles. The van der Waals surface area contributed by atoms with Crippen molar-refractivity contribution in [3.8, 4) is 0 Å². The molecule has 0 fully saturated rings. The van der Waals surface area contributed by atoms with E-state index in [4.69, 9.17) is 5.73 Å². The van der Waals surface area contributed by atoms with Crippen LogP contribution in [0.1, 0.15) is 167 Å². The van der Waals surface area contributed by atoms with Gasteiger partial charge >= 0.3 is 0 Å². The molecule has 0 heterocycles. The van der Waals surface area contributed by atoms with Crippen molar-refractivity contribution in [2.75, 3.05) is 13.6 Å². The molecule has 0 aliphatic rings. The Bertz CT molecular complexity index is 305. The molecule has 0 rings (SSSR count). The summed E-state index contributed by atoms with van der Waals surface area (Å²) in [6.45, 7) is 3.11. The fraction of sp³-hybridized carbons (Fsp3) is 1.00. The molecule has 0 radical (unpaired) electrons. The fourth-order valence-corrected chi connectivity index (χ4v) is 4.81. The molecule has 0 aromatic heterocycles. The number of hydrogen-bond donors (Lipinski definition) is 2. The maximum Gasteiger partial charge on any atom is 0.00760 e. The van der Waals surface area contributed by atoms with Crippen molar-refractivity contribution >= 4 is 0 Å². The Kier molecular flexibility index (Phi) is 27.9. The molecular formula is C29H62N2. The van der Waals surface area contributed by atoms with Crippen molar-refractivity contribution in [2.24, 2.45) is 5.73 Å². The maximum absolute atomic E-state index is 5.65. The van der Waals surface area contributed by atoms with Crippen LogP contribution in [0.5, 0.6) is 0 Å². The average molecular weight is 439 g/mol. The van der Waals surface area contributed by atoms with E-state index in [-0.39, 0.29) is 0 Å². The monoisotopic (exact) mass is 438 g/mol. The van der Waals surface area contributed by atoms with Gasteiger partial charge in [0.15, 0.2) is 0 Å². The molecule has 2 heteroatoms. The summed E-state index contributed by atoms with van der Waals surface area (Å²) in [5.41, 5.74) is 5.65. The molecule has 0 amide bonds. The zero-order valence-electron chi connectivity index (χ0n) is 22.0. The first-order valence-corrected chi connectivity index (χ1v) is 14.7. The largest absolute Gasteiger partial charge is 0.330 e. The summed E-state index contributed by atoms with van der Waals surface area (Å²) in [4.78, 5) is 0. The van der Waals surface area contributed by atoms with E-state index in [1.807, 2.05) is 0 Å². The van der Waals surface area contributed by atoms with Crippen LogP contribution in [0.3, 0.4) is 0 Å². The summed E-state index contributed by atoms with van der Waals surface area (Å²) in [6, 6.07) is 0.639. The van der Waals surface area contributed by atoms with E-state index in [1.54, 1.807) is 0 Å². The lowest BCUT2D eigenvalue weighted by molar-refractivity contribution is 0.460. The fourth-order valence-electron chi connectivity index (χ4n) is 4.81. The van der Waals surface area contributed by atoms with Gasteiger partial charge in [-0.05, 0) is 26.4 Å². The zero-order valence-corrected chi connectivity index (χ0v) is 22.0. The molecular weight excluding hydrogens is 376 g/mol. The van der Waals surface area contributed by atoms with Gasteiger partial charge in [-0.25, -0.2) is 0 Å². The third-order valence-electron chi connectivity index (χ3n) is 7.08. The highest BCUT2D eigenvalue weighted by molar-refractivity contribution is 4.64. The van der Waals surface area contributed by atoms with Gasteiger partial charge in [0, 0.05) is 6.04 Å². The molecule has 0 aromatic rings. The van der Waals surface area contributed by atoms with E-state index in [2.05, 4.69) is 19.3 Å². The van der Waals surface area contributed by atoms with Gasteiger partial charge in [0.1, 0.15) is 0 Å². The van der Waals surface area contributed by atoms with Crippen molar-refractivity contribution in [2.45, 2.75) is 173 Å². The van der Waals surface area contributed by atoms with Gasteiger partial charge in [0.2, 0.25) is 0 Å². The third kappa shape index (κ3) is 26.1. The maximum atomic E-state index is 5.65. The molecule has 0 saturated carbocycles. The second-order valence-electron chi connectivity index (χ2n) is 10.1. The van der Waals surface area contributed by atoms with Crippen molar-refractivity contribution in [1.29, 1.82) is 0 Å². The molecule has 1 unspecified atom stereocenters. The predicted octanol–water partition coefficient (Wildman–Crippen LogP) is 9.31. The SMILES string of the molecule is CCCCCCCCCCCCCCCCCCCCCCCCCC(CCN)NC. The quantitative estimate of drug-likeness (QED) is 0.125. The first-order chi connectivity index (χ1) is 15.3. The second kappa shape index (κ2) is 28.0. The number of nitrogens with two attached hydrogens (primary N) is 1. The van der Waals surface area contributed by atoms with E-state index in [0.717, 1.165) is 13.0 Å². The molecule has 0 aliphatic heterocycles. The zero-order chi connectivity index (χ0) is 22.7. The second-order valence-corrected chi connectivity index (χ2v) is 10.1. The molecule has 0 spiro atoms. The van der Waals surface area contributed by atoms with Crippen LogP contribution in [0.25, 0.3) is 0 Å². The van der Waals surface area contributed by atoms with Gasteiger partial charge in [-0.15, -0.1) is 0 Å². The van der Waals surface area contributed by atoms with Gasteiger partial charge in [-0.2, -0.15) is 0 Å². The van der Waals surface area contributed by atoms with Crippen molar-refractivity contribution in [1.82, 2.24) is 5.32 Å². The summed E-state index contributed by atoms with van der Waals surface area (Å²) < 4.78 is 0. The molecule has 0 aliphatic carbocycles. The van der Waals surface area contributed by atoms with Crippen LogP contribution in [0.4, 0.5) is 0 Å². The third-order valence-corrected chi connectivity index (χ3v) is 7.08. The molecule has 0 bridgehead atoms. The van der Waals surface area contributed by atoms with Crippen LogP contribution in [-0.4, -0.2) is 19.6 Å². The Labute approximate surface area is 198 Å². The lowest BCUT2D eigenvalue weighted by Gasteiger charge is -2.14. The molecule has 2 nitrogen and oxygen atoms in total. The molecule has 31 heavy (non-hydrogen) atoms. The number of unbranched alkanes of at least 4 members (excludes halogenated alkanes) is 22. The van der Waals surface area contributed by atoms with Crippen molar-refractivity contribution in [3.05, 3.63) is 0 Å². The Morgan fingerprint density at radius 2 is 0.742 bits per heavy atom. The van der Waals surface area contributed by atoms with Crippen molar-refractivity contribution < 1.29 is 0 Å². The van der Waals surface area contributed by atoms with Crippen LogP contribution in [0.15, 0.2) is 0 Å². The summed E-state index contributed by atoms with van der Waals surface area (Å²) in [7, 11) is 2.07. The Morgan fingerprint density at radius 3 is 1.00 bits per heavy atom. The summed E-state index contributed by atoms with van der Waals surface area (Å²) in [6.07, 6.45) is 36.0. The highest BCUT2D eigenvalue weighted by Crippen LogP contribution is 2.16. The molecule has 188 valence electrons. The van der Waals surface area contributed by atoms with E-state index < -0.39 is 0 Å². The minimum absolute atomic E-state index is 0.639. The smallest absolute Gasteiger partial charge is 0.00760 e. The van der Waals surface area contributed by atoms with E-state index >= 15 is 0 Å². The molecule has 0 saturated heterocycles. The molecule has 3 N–H and O–H groups in total. The number of hydrogen-bond acceptors (Lipinski definition) is 2. The van der Waals surface area contributed by atoms with Crippen LogP contribution in [0.2, 0.25) is 0 Å². The normalized spacial score (nSPS) is 12.5. The lowest BCUT2D eigenvalue weighted by atomic mass is 10.0. The summed E-state index contributed by atoms with van der Waals surface area (Å²) in [5.74, 6) is 0. The molecule has 1 atom stereocenters. The Hall–Kier alpha value is -0.0800. The van der Waals surface area contributed by atoms with E-state index in [9.17, 15) is 0 Å². The van der Waals surface area contributed by atoms with Crippen LogP contribution in [-0.2, 0) is 0 Å². The van der Waals surface area contributed by atoms with Gasteiger partial charge in [0.25, 0.3) is 0 Å². The van der Waals surface area contributed by atoms with Crippen LogP contribution >= 0.6 is 0 Å². The first kappa shape index (κ1) is 30.9. The lowest BCUT2D eigenvalue weighted by Crippen LogP contribution is -2.27. The topological polar surface area (TPSA) is 38.0 Å². The van der Waals surface area contributed by atoms with Crippen LogP contribution in [0, 0.1) is 0 Å². The van der Waals surface area contributed by atoms with Crippen molar-refractivity contribution in [3.63, 3.8) is 0 Å². The Morgan fingerprint density at radius 1 is 0.452 bits per heavy atom. The van der Waals surface area contributed by atoms with Gasteiger partial charge in [0.05, 0.1) is 0 Å². The number of nitrogens with one attached hydrogen (secondary N) is 1. The van der Waals surface area contributed by atoms with E-state index in [0.29, 0.717) is 6.04 Å². The minimum atomic E-state index is 0.639. The summed E-state index contributed by atoms with van der Waals surface area (Å²) >= 11 is 0. The highest BCUT2D eigenvalue weighted by atomic mass is 14.9. The van der Waals surface area contributed by atoms with E-state index in [1.165, 1.54) is 154 Å². The minimum Gasteiger partial charge on any atom is -0.330 e. The predicted molar refractivity (Wildman–Crippen MR) is 143 cm³/mol. The Balaban J connectivity index is 3.06. The summed E-state index contributed by atoms with van der Waals surface area (Å²) in [5, 5.41) is 3.39. The first-order valence-electron chi connectivity index (χ1n) is 14.7. The highest BCUT2D eigenvalue weighted by Gasteiger charge is 2.03.